The zero-order valence-electron chi connectivity index (χ0n) is 16.8. The van der Waals surface area contributed by atoms with E-state index in [1.165, 1.54) is 22.4 Å². The van der Waals surface area contributed by atoms with Crippen LogP contribution in [0, 0.1) is 33.1 Å². The largest absolute Gasteiger partial charge is 0.444 e. The van der Waals surface area contributed by atoms with E-state index in [2.05, 4.69) is 31.6 Å². The van der Waals surface area contributed by atoms with Crippen LogP contribution in [0.2, 0.25) is 0 Å². The van der Waals surface area contributed by atoms with Crippen LogP contribution < -0.4 is 4.90 Å². The van der Waals surface area contributed by atoms with Crippen molar-refractivity contribution in [3.63, 3.8) is 0 Å². The van der Waals surface area contributed by atoms with Crippen LogP contribution in [0.15, 0.2) is 4.90 Å². The summed E-state index contributed by atoms with van der Waals surface area (Å²) < 4.78 is 5.49. The van der Waals surface area contributed by atoms with Gasteiger partial charge < -0.3 is 14.5 Å². The highest BCUT2D eigenvalue weighted by molar-refractivity contribution is 7.80. The highest BCUT2D eigenvalue weighted by Crippen LogP contribution is 2.36. The molecular weight excluding hydrogens is 344 g/mol. The van der Waals surface area contributed by atoms with E-state index in [1.807, 2.05) is 20.8 Å². The molecule has 1 aromatic rings. The predicted molar refractivity (Wildman–Crippen MR) is 110 cm³/mol. The van der Waals surface area contributed by atoms with Crippen molar-refractivity contribution in [2.24, 2.45) is 0 Å². The second-order valence-corrected chi connectivity index (χ2v) is 8.33. The van der Waals surface area contributed by atoms with Crippen molar-refractivity contribution in [3.05, 3.63) is 22.3 Å². The number of terminal acetylenes is 1. The summed E-state index contributed by atoms with van der Waals surface area (Å²) in [5, 5.41) is 0. The molecule has 4 nitrogen and oxygen atoms in total. The molecule has 142 valence electrons. The molecule has 0 bridgehead atoms. The van der Waals surface area contributed by atoms with E-state index in [9.17, 15) is 4.79 Å². The first-order chi connectivity index (χ1) is 12.1. The van der Waals surface area contributed by atoms with Gasteiger partial charge in [-0.3, -0.25) is 0 Å². The van der Waals surface area contributed by atoms with Gasteiger partial charge in [0.25, 0.3) is 0 Å². The minimum absolute atomic E-state index is 0.239. The lowest BCUT2D eigenvalue weighted by atomic mass is 9.94. The molecule has 1 saturated heterocycles. The molecule has 5 heteroatoms. The van der Waals surface area contributed by atoms with E-state index in [-0.39, 0.29) is 6.09 Å². The van der Waals surface area contributed by atoms with E-state index in [0.717, 1.165) is 23.5 Å². The van der Waals surface area contributed by atoms with Crippen molar-refractivity contribution >= 4 is 24.4 Å². The molecule has 0 N–H and O–H groups in total. The number of rotatable bonds is 2. The second-order valence-electron chi connectivity index (χ2n) is 7.89. The number of hydrogen-bond acceptors (Lipinski definition) is 4. The number of benzene rings is 1. The van der Waals surface area contributed by atoms with Crippen LogP contribution in [0.1, 0.15) is 43.0 Å². The van der Waals surface area contributed by atoms with Crippen LogP contribution in [-0.4, -0.2) is 42.8 Å². The Balaban J connectivity index is 2.22. The van der Waals surface area contributed by atoms with Crippen LogP contribution in [0.5, 0.6) is 0 Å². The molecule has 26 heavy (non-hydrogen) atoms. The van der Waals surface area contributed by atoms with Gasteiger partial charge in [-0.25, -0.2) is 4.79 Å². The third kappa shape index (κ3) is 4.29. The van der Waals surface area contributed by atoms with Gasteiger partial charge in [-0.1, -0.05) is 0 Å². The van der Waals surface area contributed by atoms with Crippen LogP contribution in [0.3, 0.4) is 0 Å². The number of thiol groups is 1. The van der Waals surface area contributed by atoms with Gasteiger partial charge in [0.05, 0.1) is 0 Å². The molecule has 1 amide bonds. The number of hydrogen-bond donors (Lipinski definition) is 1. The Morgan fingerprint density at radius 2 is 1.69 bits per heavy atom. The number of piperazine rings is 1. The molecule has 0 atom stereocenters. The second kappa shape index (κ2) is 7.84. The standard InChI is InChI=1S/C21H30N2O2S/c1-8-9-17-14(2)18(16(4)19(26)15(17)3)22-10-12-23(13-11-22)20(24)25-21(5,6)7/h1,26H,9-13H2,2-7H3. The average molecular weight is 375 g/mol. The molecule has 1 heterocycles. The Kier molecular flexibility index (Phi) is 6.18. The van der Waals surface area contributed by atoms with Crippen LogP contribution >= 0.6 is 12.6 Å². The van der Waals surface area contributed by atoms with Gasteiger partial charge >= 0.3 is 6.09 Å². The van der Waals surface area contributed by atoms with Gasteiger partial charge in [0.1, 0.15) is 5.60 Å². The SMILES string of the molecule is C#CCc1c(C)c(S)c(C)c(N2CCN(C(=O)OC(C)(C)C)CC2)c1C. The quantitative estimate of drug-likeness (QED) is 0.624. The summed E-state index contributed by atoms with van der Waals surface area (Å²) in [6.07, 6.45) is 5.94. The van der Waals surface area contributed by atoms with E-state index >= 15 is 0 Å². The fourth-order valence-corrected chi connectivity index (χ4v) is 3.76. The summed E-state index contributed by atoms with van der Waals surface area (Å²) in [5.74, 6) is 2.76. The monoisotopic (exact) mass is 374 g/mol. The van der Waals surface area contributed by atoms with Gasteiger partial charge in [-0.15, -0.1) is 25.0 Å². The summed E-state index contributed by atoms with van der Waals surface area (Å²) in [4.78, 5) is 17.4. The predicted octanol–water partition coefficient (Wildman–Crippen LogP) is 4.13. The van der Waals surface area contributed by atoms with E-state index in [1.54, 1.807) is 4.90 Å². The number of carbonyl (C=O) groups is 1. The van der Waals surface area contributed by atoms with Crippen molar-refractivity contribution in [3.8, 4) is 12.3 Å². The van der Waals surface area contributed by atoms with Crippen LogP contribution in [-0.2, 0) is 11.2 Å². The highest BCUT2D eigenvalue weighted by Gasteiger charge is 2.28. The lowest BCUT2D eigenvalue weighted by molar-refractivity contribution is 0.0240. The summed E-state index contributed by atoms with van der Waals surface area (Å²) in [6.45, 7) is 14.8. The first kappa shape index (κ1) is 20.5. The maximum absolute atomic E-state index is 12.3. The van der Waals surface area contributed by atoms with Gasteiger partial charge in [0.2, 0.25) is 0 Å². The van der Waals surface area contributed by atoms with E-state index < -0.39 is 5.60 Å². The van der Waals surface area contributed by atoms with Crippen molar-refractivity contribution in [2.45, 2.75) is 58.5 Å². The normalized spacial score (nSPS) is 15.0. The number of ether oxygens (including phenoxy) is 1. The van der Waals surface area contributed by atoms with Crippen molar-refractivity contribution < 1.29 is 9.53 Å². The molecule has 0 radical (unpaired) electrons. The molecule has 2 rings (SSSR count). The molecule has 0 saturated carbocycles. The highest BCUT2D eigenvalue weighted by atomic mass is 32.1. The summed E-state index contributed by atoms with van der Waals surface area (Å²) in [5.41, 5.74) is 5.49. The average Bonchev–Trinajstić information content (AvgIpc) is 2.56. The van der Waals surface area contributed by atoms with E-state index in [4.69, 9.17) is 23.8 Å². The van der Waals surface area contributed by atoms with Crippen molar-refractivity contribution in [1.29, 1.82) is 0 Å². The van der Waals surface area contributed by atoms with Gasteiger partial charge in [-0.2, -0.15) is 0 Å². The molecule has 0 aromatic heterocycles. The smallest absolute Gasteiger partial charge is 0.410 e. The van der Waals surface area contributed by atoms with Crippen LogP contribution in [0.4, 0.5) is 10.5 Å². The Bertz CT molecular complexity index is 736. The molecular formula is C21H30N2O2S. The third-order valence-corrected chi connectivity index (χ3v) is 5.52. The maximum Gasteiger partial charge on any atom is 0.410 e. The summed E-state index contributed by atoms with van der Waals surface area (Å²) >= 11 is 4.73. The first-order valence-corrected chi connectivity index (χ1v) is 9.49. The molecule has 1 aliphatic rings. The number of anilines is 1. The fourth-order valence-electron chi connectivity index (χ4n) is 3.52. The zero-order chi connectivity index (χ0) is 19.6. The van der Waals surface area contributed by atoms with Gasteiger partial charge in [0, 0.05) is 43.2 Å². The minimum atomic E-state index is -0.469. The van der Waals surface area contributed by atoms with Gasteiger partial charge in [-0.05, 0) is 63.8 Å². The fraction of sp³-hybridized carbons (Fsp3) is 0.571. The van der Waals surface area contributed by atoms with Crippen LogP contribution in [0.25, 0.3) is 0 Å². The molecule has 0 aliphatic carbocycles. The Hall–Kier alpha value is -1.80. The zero-order valence-corrected chi connectivity index (χ0v) is 17.7. The lowest BCUT2D eigenvalue weighted by Crippen LogP contribution is -2.50. The van der Waals surface area contributed by atoms with Crippen molar-refractivity contribution in [2.75, 3.05) is 31.1 Å². The molecule has 1 aliphatic heterocycles. The molecule has 1 fully saturated rings. The Morgan fingerprint density at radius 3 is 2.19 bits per heavy atom. The number of nitrogens with zero attached hydrogens (tertiary/aromatic N) is 2. The maximum atomic E-state index is 12.3. The van der Waals surface area contributed by atoms with E-state index in [0.29, 0.717) is 19.5 Å². The van der Waals surface area contributed by atoms with Crippen molar-refractivity contribution in [1.82, 2.24) is 4.90 Å². The lowest BCUT2D eigenvalue weighted by Gasteiger charge is -2.38. The number of amides is 1. The first-order valence-electron chi connectivity index (χ1n) is 9.04. The molecule has 0 unspecified atom stereocenters. The third-order valence-electron chi connectivity index (χ3n) is 4.85. The molecule has 1 aromatic carbocycles. The summed E-state index contributed by atoms with van der Waals surface area (Å²) in [6, 6.07) is 0. The Morgan fingerprint density at radius 1 is 1.12 bits per heavy atom. The summed E-state index contributed by atoms with van der Waals surface area (Å²) in [7, 11) is 0. The van der Waals surface area contributed by atoms with Gasteiger partial charge in [0.15, 0.2) is 0 Å². The Labute approximate surface area is 163 Å². The molecule has 0 spiro atoms. The minimum Gasteiger partial charge on any atom is -0.444 e. The topological polar surface area (TPSA) is 32.8 Å². The number of carbonyl (C=O) groups excluding carboxylic acids is 1.